The van der Waals surface area contributed by atoms with Crippen LogP contribution in [0.1, 0.15) is 53.7 Å². The van der Waals surface area contributed by atoms with Gasteiger partial charge < -0.3 is 19.9 Å². The van der Waals surface area contributed by atoms with Crippen LogP contribution < -0.4 is 10.1 Å². The molecule has 0 bridgehead atoms. The first kappa shape index (κ1) is 25.4. The first-order chi connectivity index (χ1) is 17.1. The Morgan fingerprint density at radius 2 is 1.86 bits per heavy atom. The molecule has 1 heterocycles. The third kappa shape index (κ3) is 5.41. The highest BCUT2D eigenvalue weighted by Crippen LogP contribution is 2.40. The molecular weight excluding hydrogens is 461 g/mol. The minimum Gasteiger partial charge on any atom is -0.496 e. The van der Waals surface area contributed by atoms with Gasteiger partial charge in [0.1, 0.15) is 23.8 Å². The van der Waals surface area contributed by atoms with E-state index in [1.807, 2.05) is 44.2 Å². The lowest BCUT2D eigenvalue weighted by molar-refractivity contribution is -0.137. The van der Waals surface area contributed by atoms with Gasteiger partial charge in [-0.2, -0.15) is 0 Å². The Balaban J connectivity index is 1.63. The lowest BCUT2D eigenvalue weighted by atomic mass is 9.72. The number of rotatable bonds is 9. The summed E-state index contributed by atoms with van der Waals surface area (Å²) in [6.45, 7) is 3.84. The number of methoxy groups -OCH3 is 1. The number of hydrogen-bond acceptors (Lipinski definition) is 5. The number of aliphatic hydroxyl groups is 1. The van der Waals surface area contributed by atoms with Gasteiger partial charge in [-0.3, -0.25) is 4.79 Å². The number of nitrogens with one attached hydrogen (secondary N) is 1. The number of carbonyl (C=O) groups is 2. The van der Waals surface area contributed by atoms with Crippen molar-refractivity contribution in [3.05, 3.63) is 94.8 Å². The van der Waals surface area contributed by atoms with E-state index in [2.05, 4.69) is 5.32 Å². The summed E-state index contributed by atoms with van der Waals surface area (Å²) in [5.74, 6) is -0.915. The van der Waals surface area contributed by atoms with Crippen LogP contribution in [0, 0.1) is 5.82 Å². The summed E-state index contributed by atoms with van der Waals surface area (Å²) in [6.07, 6.45) is 0.634. The van der Waals surface area contributed by atoms with Crippen molar-refractivity contribution in [2.45, 2.75) is 50.7 Å². The molecule has 6 nitrogen and oxygen atoms in total. The predicted octanol–water partition coefficient (Wildman–Crippen LogP) is 5.18. The molecule has 1 aliphatic rings. The van der Waals surface area contributed by atoms with Gasteiger partial charge in [0.15, 0.2) is 0 Å². The number of halogens is 1. The maximum Gasteiger partial charge on any atom is 0.338 e. The number of benzene rings is 3. The Labute approximate surface area is 210 Å². The highest BCUT2D eigenvalue weighted by atomic mass is 19.1. The van der Waals surface area contributed by atoms with E-state index in [0.717, 1.165) is 5.56 Å². The molecule has 36 heavy (non-hydrogen) atoms. The van der Waals surface area contributed by atoms with E-state index in [1.165, 1.54) is 19.2 Å². The third-order valence-corrected chi connectivity index (χ3v) is 6.66. The van der Waals surface area contributed by atoms with Crippen LogP contribution in [0.25, 0.3) is 0 Å². The quantitative estimate of drug-likeness (QED) is 0.403. The zero-order valence-electron chi connectivity index (χ0n) is 20.6. The Hall–Kier alpha value is -3.71. The van der Waals surface area contributed by atoms with Gasteiger partial charge in [-0.1, -0.05) is 44.2 Å². The molecular formula is C29H30FNO5. The number of cyclic esters (lactones) is 1. The molecule has 0 radical (unpaired) electrons. The third-order valence-electron chi connectivity index (χ3n) is 6.66. The van der Waals surface area contributed by atoms with Gasteiger partial charge in [0.05, 0.1) is 12.7 Å². The normalized spacial score (nSPS) is 14.5. The second-order valence-electron chi connectivity index (χ2n) is 9.82. The van der Waals surface area contributed by atoms with Gasteiger partial charge in [-0.05, 0) is 66.6 Å². The first-order valence-electron chi connectivity index (χ1n) is 11.8. The van der Waals surface area contributed by atoms with Crippen molar-refractivity contribution < 1.29 is 28.6 Å². The van der Waals surface area contributed by atoms with Crippen LogP contribution in [0.4, 0.5) is 10.1 Å². The molecule has 0 aromatic heterocycles. The number of amides is 1. The molecule has 3 aromatic rings. The summed E-state index contributed by atoms with van der Waals surface area (Å²) in [7, 11) is 1.50. The molecule has 2 N–H and O–H groups in total. The molecule has 1 unspecified atom stereocenters. The van der Waals surface area contributed by atoms with Crippen molar-refractivity contribution in [1.82, 2.24) is 0 Å². The molecule has 0 aliphatic carbocycles. The van der Waals surface area contributed by atoms with E-state index >= 15 is 0 Å². The maximum absolute atomic E-state index is 14.2. The summed E-state index contributed by atoms with van der Waals surface area (Å²) < 4.78 is 24.7. The molecule has 1 atom stereocenters. The predicted molar refractivity (Wildman–Crippen MR) is 134 cm³/mol. The SMILES string of the molecule is COc1ccc(F)cc1C(C)(C)CC(O)(CCc1ccccc1)C(=O)Nc1ccc2c(c1)COC2=O. The van der Waals surface area contributed by atoms with Crippen LogP contribution in [0.3, 0.4) is 0 Å². The molecule has 0 spiro atoms. The first-order valence-corrected chi connectivity index (χ1v) is 11.8. The van der Waals surface area contributed by atoms with Gasteiger partial charge in [0.2, 0.25) is 0 Å². The van der Waals surface area contributed by atoms with Crippen molar-refractivity contribution >= 4 is 17.6 Å². The highest BCUT2D eigenvalue weighted by molar-refractivity contribution is 5.99. The second-order valence-corrected chi connectivity index (χ2v) is 9.82. The minimum absolute atomic E-state index is 0.0189. The number of aryl methyl sites for hydroxylation is 1. The Morgan fingerprint density at radius 1 is 1.11 bits per heavy atom. The van der Waals surface area contributed by atoms with Crippen LogP contribution in [-0.4, -0.2) is 29.7 Å². The zero-order valence-corrected chi connectivity index (χ0v) is 20.6. The van der Waals surface area contributed by atoms with Crippen molar-refractivity contribution in [3.8, 4) is 5.75 Å². The number of carbonyl (C=O) groups excluding carboxylic acids is 2. The fraction of sp³-hybridized carbons (Fsp3) is 0.310. The molecule has 0 saturated heterocycles. The molecule has 3 aromatic carbocycles. The number of hydrogen-bond donors (Lipinski definition) is 2. The van der Waals surface area contributed by atoms with Gasteiger partial charge in [-0.25, -0.2) is 9.18 Å². The highest BCUT2D eigenvalue weighted by Gasteiger charge is 2.42. The maximum atomic E-state index is 14.2. The minimum atomic E-state index is -1.79. The Kier molecular flexibility index (Phi) is 7.13. The Morgan fingerprint density at radius 3 is 2.58 bits per heavy atom. The van der Waals surface area contributed by atoms with Crippen LogP contribution in [0.2, 0.25) is 0 Å². The van der Waals surface area contributed by atoms with Crippen molar-refractivity contribution in [1.29, 1.82) is 0 Å². The number of anilines is 1. The average Bonchev–Trinajstić information content (AvgIpc) is 3.23. The summed E-state index contributed by atoms with van der Waals surface area (Å²) in [5, 5.41) is 14.7. The number of ether oxygens (including phenoxy) is 2. The van der Waals surface area contributed by atoms with Crippen LogP contribution in [0.15, 0.2) is 66.7 Å². The van der Waals surface area contributed by atoms with E-state index < -0.39 is 28.7 Å². The molecule has 188 valence electrons. The topological polar surface area (TPSA) is 84.9 Å². The fourth-order valence-corrected chi connectivity index (χ4v) is 4.77. The largest absolute Gasteiger partial charge is 0.496 e. The van der Waals surface area contributed by atoms with Crippen LogP contribution in [-0.2, 0) is 28.0 Å². The van der Waals surface area contributed by atoms with Crippen LogP contribution in [0.5, 0.6) is 5.75 Å². The van der Waals surface area contributed by atoms with Crippen LogP contribution >= 0.6 is 0 Å². The van der Waals surface area contributed by atoms with Crippen molar-refractivity contribution in [2.75, 3.05) is 12.4 Å². The van der Waals surface area contributed by atoms with E-state index in [1.54, 1.807) is 24.3 Å². The number of esters is 1. The second kappa shape index (κ2) is 10.1. The van der Waals surface area contributed by atoms with Gasteiger partial charge in [0.25, 0.3) is 5.91 Å². The monoisotopic (exact) mass is 491 g/mol. The number of fused-ring (bicyclic) bond motifs is 1. The molecule has 0 saturated carbocycles. The van der Waals surface area contributed by atoms with Gasteiger partial charge in [0, 0.05) is 16.8 Å². The molecule has 4 rings (SSSR count). The Bertz CT molecular complexity index is 1270. The van der Waals surface area contributed by atoms with E-state index in [-0.39, 0.29) is 19.4 Å². The summed E-state index contributed by atoms with van der Waals surface area (Å²) >= 11 is 0. The standard InChI is InChI=1S/C29H30FNO5/c1-28(2,24-16-21(30)9-12-25(24)35-3)18-29(34,14-13-19-7-5-4-6-8-19)27(33)31-22-10-11-23-20(15-22)17-36-26(23)32/h4-12,15-16,34H,13-14,17-18H2,1-3H3,(H,31,33). The van der Waals surface area contributed by atoms with Crippen molar-refractivity contribution in [3.63, 3.8) is 0 Å². The summed E-state index contributed by atoms with van der Waals surface area (Å²) in [6, 6.07) is 18.7. The molecule has 7 heteroatoms. The molecule has 1 amide bonds. The molecule has 0 fully saturated rings. The summed E-state index contributed by atoms with van der Waals surface area (Å²) in [5.41, 5.74) is 0.539. The van der Waals surface area contributed by atoms with Gasteiger partial charge in [-0.15, -0.1) is 0 Å². The molecule has 1 aliphatic heterocycles. The van der Waals surface area contributed by atoms with E-state index in [0.29, 0.717) is 34.5 Å². The smallest absolute Gasteiger partial charge is 0.338 e. The van der Waals surface area contributed by atoms with E-state index in [9.17, 15) is 19.1 Å². The summed E-state index contributed by atoms with van der Waals surface area (Å²) in [4.78, 5) is 25.3. The average molecular weight is 492 g/mol. The van der Waals surface area contributed by atoms with Gasteiger partial charge >= 0.3 is 5.97 Å². The zero-order chi connectivity index (χ0) is 25.9. The fourth-order valence-electron chi connectivity index (χ4n) is 4.77. The lowest BCUT2D eigenvalue weighted by Crippen LogP contribution is -2.47. The van der Waals surface area contributed by atoms with E-state index in [4.69, 9.17) is 9.47 Å². The lowest BCUT2D eigenvalue weighted by Gasteiger charge is -2.36. The van der Waals surface area contributed by atoms with Crippen molar-refractivity contribution in [2.24, 2.45) is 0 Å².